The summed E-state index contributed by atoms with van der Waals surface area (Å²) in [6, 6.07) is -13.0. The van der Waals surface area contributed by atoms with Gasteiger partial charge in [-0.15, -0.1) is 0 Å². The Balaban J connectivity index is 0.00000219. The maximum Gasteiger partial charge on any atom is 0.307 e. The van der Waals surface area contributed by atoms with Gasteiger partial charge in [0.05, 0.1) is 55.8 Å². The van der Waals surface area contributed by atoms with Crippen molar-refractivity contribution in [2.24, 2.45) is 41.1 Å². The van der Waals surface area contributed by atoms with Crippen molar-refractivity contribution in [3.05, 3.63) is 12.2 Å². The molecular formula is C78H106N12O18. The average Bonchev–Trinajstić information content (AvgIpc) is 1.28. The summed E-state index contributed by atoms with van der Waals surface area (Å²) in [4.78, 5) is 206. The van der Waals surface area contributed by atoms with E-state index in [-0.39, 0.29) is 38.8 Å². The standard InChI is InChI=1S/C62H100N12O18.C16H6/c1-34(2)20-15-13-11-9-10-12-14-16-23-50(79)68-43(28-49(64)78)59(87)72-54-38(7)67-60(88)47-22-19-25-74(47)61(89)53(35(3)4)71-56(84)42(37(6)63)26-40(76)30-65-58(86)45(32-92-33-75)69-51(80)31-66-57(85)44(29-52(81)82)70-55(83)41(36(5)62(90)91)27-48(77)46-21-17-18-24-73(46)39(54)8;1-3-5-7-9-11-13-15-16-14-12-10-8-6-4-2/h14,16,33-39,41-47,53-54H,9-13,15,17-32,63H2,1-8H3,(H2,64,78)(H,65,86)(H,66,85)(H,67,88)(H,68,79)(H,69,80)(H,70,83)(H,71,84)(H,72,87)(H,81,82)(H,90,91);1-2H3/b16-14-;/t36-,37?,38?,39?,41?,42-,43+,44+,45?,46?,47+,53?,54?;/m1./s1. The van der Waals surface area contributed by atoms with Crippen LogP contribution in [0.25, 0.3) is 0 Å². The number of ketones is 2. The Morgan fingerprint density at radius 3 is 1.79 bits per heavy atom. The number of carbonyl (C=O) groups is 15. The highest BCUT2D eigenvalue weighted by Crippen LogP contribution is 2.29. The minimum absolute atomic E-state index is 0.0430. The second-order valence-corrected chi connectivity index (χ2v) is 27.2. The SMILES string of the molecule is CC#CC#CC#CC#CC#CC#CC#CC.CC(C)CCCCCCC/C=C\CC(=O)N[C@@H](CC(N)=O)C(=O)NC1C(C)NC(=O)[C@@H]2CCCN2C(=O)C(C(C)C)NC(=O)[C@@H](C(C)N)CC(=O)CNC(=O)C(COC=O)NC(=O)CNC(=O)[C@H](CC(=O)O)NC(=O)C([C@@H](C)C(=O)O)CC(=O)C2CCCCN2C1C. The van der Waals surface area contributed by atoms with Gasteiger partial charge in [-0.05, 0) is 163 Å². The molecule has 586 valence electrons. The highest BCUT2D eigenvalue weighted by molar-refractivity contribution is 5.99. The van der Waals surface area contributed by atoms with Gasteiger partial charge in [-0.3, -0.25) is 76.8 Å². The van der Waals surface area contributed by atoms with Crippen molar-refractivity contribution in [1.82, 2.24) is 52.3 Å². The highest BCUT2D eigenvalue weighted by Gasteiger charge is 2.45. The van der Waals surface area contributed by atoms with Gasteiger partial charge in [-0.1, -0.05) is 97.1 Å². The zero-order valence-corrected chi connectivity index (χ0v) is 63.4. The largest absolute Gasteiger partial charge is 0.481 e. The monoisotopic (exact) mass is 1500 g/mol. The lowest BCUT2D eigenvalue weighted by atomic mass is 9.84. The number of nitrogens with two attached hydrogens (primary N) is 2. The molecule has 0 spiro atoms. The van der Waals surface area contributed by atoms with Gasteiger partial charge in [0, 0.05) is 43.9 Å². The predicted octanol–water partition coefficient (Wildman–Crippen LogP) is 0.176. The number of primary amides is 1. The van der Waals surface area contributed by atoms with Crippen LogP contribution in [-0.2, 0) is 76.7 Å². The fourth-order valence-electron chi connectivity index (χ4n) is 12.0. The number of nitrogens with one attached hydrogen (secondary N) is 8. The van der Waals surface area contributed by atoms with E-state index >= 15 is 0 Å². The van der Waals surface area contributed by atoms with E-state index in [1.54, 1.807) is 52.5 Å². The molecular weight excluding hydrogens is 1390 g/mol. The maximum atomic E-state index is 14.8. The van der Waals surface area contributed by atoms with Crippen LogP contribution < -0.4 is 54.0 Å². The highest BCUT2D eigenvalue weighted by atomic mass is 16.5. The number of carbonyl (C=O) groups excluding carboxylic acids is 13. The van der Waals surface area contributed by atoms with Crippen molar-refractivity contribution in [3.63, 3.8) is 0 Å². The first-order chi connectivity index (χ1) is 51.3. The van der Waals surface area contributed by atoms with Crippen LogP contribution in [0.5, 0.6) is 0 Å². The maximum absolute atomic E-state index is 14.8. The van der Waals surface area contributed by atoms with E-state index in [0.717, 1.165) is 39.0 Å². The van der Waals surface area contributed by atoms with Gasteiger partial charge in [0.15, 0.2) is 11.6 Å². The predicted molar refractivity (Wildman–Crippen MR) is 398 cm³/mol. The molecule has 3 heterocycles. The average molecular weight is 1500 g/mol. The molecule has 0 aromatic heterocycles. The third-order valence-electron chi connectivity index (χ3n) is 17.9. The van der Waals surface area contributed by atoms with Crippen LogP contribution in [-0.4, -0.2) is 202 Å². The minimum atomic E-state index is -1.98. The number of Topliss-reactive ketones (excluding diaryl/α,β-unsaturated/α-hetero) is 2. The van der Waals surface area contributed by atoms with Crippen molar-refractivity contribution in [1.29, 1.82) is 0 Å². The molecule has 0 aromatic rings. The smallest absolute Gasteiger partial charge is 0.307 e. The van der Waals surface area contributed by atoms with Crippen LogP contribution in [0.15, 0.2) is 12.2 Å². The summed E-state index contributed by atoms with van der Waals surface area (Å²) < 4.78 is 4.69. The molecule has 3 fully saturated rings. The molecule has 0 aromatic carbocycles. The third kappa shape index (κ3) is 35.4. The topological polar surface area (TPSA) is 460 Å². The van der Waals surface area contributed by atoms with Crippen LogP contribution in [0.4, 0.5) is 0 Å². The molecule has 30 nitrogen and oxygen atoms in total. The van der Waals surface area contributed by atoms with Crippen LogP contribution >= 0.6 is 0 Å². The van der Waals surface area contributed by atoms with E-state index in [1.165, 1.54) is 24.7 Å². The summed E-state index contributed by atoms with van der Waals surface area (Å²) in [5, 5.41) is 40.0. The number of hydrogen-bond acceptors (Lipinski definition) is 18. The molecule has 8 unspecified atom stereocenters. The number of fused-ring (bicyclic) bond motifs is 2. The van der Waals surface area contributed by atoms with Crippen LogP contribution in [0.3, 0.4) is 0 Å². The van der Waals surface area contributed by atoms with E-state index in [4.69, 9.17) is 16.2 Å². The van der Waals surface area contributed by atoms with E-state index < -0.39 is 212 Å². The van der Waals surface area contributed by atoms with Gasteiger partial charge in [0.1, 0.15) is 36.8 Å². The zero-order valence-electron chi connectivity index (χ0n) is 63.4. The van der Waals surface area contributed by atoms with Gasteiger partial charge in [0.2, 0.25) is 59.1 Å². The summed E-state index contributed by atoms with van der Waals surface area (Å²) in [6.07, 6.45) is 9.07. The van der Waals surface area contributed by atoms with Crippen molar-refractivity contribution in [2.45, 2.75) is 239 Å². The lowest BCUT2D eigenvalue weighted by Crippen LogP contribution is -2.65. The van der Waals surface area contributed by atoms with Gasteiger partial charge < -0.3 is 73.9 Å². The summed E-state index contributed by atoms with van der Waals surface area (Å²) in [7, 11) is 0. The van der Waals surface area contributed by atoms with E-state index in [2.05, 4.69) is 139 Å². The molecule has 10 amide bonds. The van der Waals surface area contributed by atoms with Crippen LogP contribution in [0.2, 0.25) is 0 Å². The molecule has 3 aliphatic rings. The van der Waals surface area contributed by atoms with Gasteiger partial charge in [0.25, 0.3) is 6.47 Å². The van der Waals surface area contributed by atoms with Crippen LogP contribution in [0.1, 0.15) is 178 Å². The lowest BCUT2D eigenvalue weighted by Gasteiger charge is -2.44. The first kappa shape index (κ1) is 93.1. The van der Waals surface area contributed by atoms with Crippen molar-refractivity contribution >= 4 is 89.0 Å². The Labute approximate surface area is 633 Å². The second-order valence-electron chi connectivity index (χ2n) is 27.2. The normalized spacial score (nSPS) is 23.0. The van der Waals surface area contributed by atoms with E-state index in [1.807, 2.05) is 6.08 Å². The first-order valence-electron chi connectivity index (χ1n) is 36.3. The molecule has 108 heavy (non-hydrogen) atoms. The number of carboxylic acid groups (broad SMARTS) is 2. The van der Waals surface area contributed by atoms with Crippen molar-refractivity contribution in [2.75, 3.05) is 32.8 Å². The molecule has 0 aliphatic carbocycles. The van der Waals surface area contributed by atoms with Gasteiger partial charge >= 0.3 is 11.9 Å². The molecule has 13 atom stereocenters. The summed E-state index contributed by atoms with van der Waals surface area (Å²) in [5.74, 6) is 17.1. The molecule has 30 heteroatoms. The number of hydrogen-bond donors (Lipinski definition) is 12. The number of unbranched alkanes of at least 4 members (excludes halogenated alkanes) is 5. The molecule has 3 saturated heterocycles. The number of ether oxygens (including phenoxy) is 1. The quantitative estimate of drug-likeness (QED) is 0.0265. The first-order valence-corrected chi connectivity index (χ1v) is 36.3. The van der Waals surface area contributed by atoms with Crippen LogP contribution in [0, 0.1) is 112 Å². The Bertz CT molecular complexity index is 3630. The number of carboxylic acids is 2. The Morgan fingerprint density at radius 2 is 1.22 bits per heavy atom. The Kier molecular flexibility index (Phi) is 44.2. The summed E-state index contributed by atoms with van der Waals surface area (Å²) in [5.41, 5.74) is 11.9. The molecule has 0 saturated carbocycles. The molecule has 0 radical (unpaired) electrons. The number of nitrogens with zero attached hydrogens (tertiary/aromatic N) is 2. The summed E-state index contributed by atoms with van der Waals surface area (Å²) in [6.45, 7) is 14.5. The number of allylic oxidation sites excluding steroid dienone is 1. The number of rotatable bonds is 24. The molecule has 3 rings (SSSR count). The number of aliphatic carboxylic acids is 2. The second kappa shape index (κ2) is 51.3. The van der Waals surface area contributed by atoms with Crippen molar-refractivity contribution < 1.29 is 86.9 Å². The lowest BCUT2D eigenvalue weighted by molar-refractivity contribution is -0.149. The fraction of sp³-hybridized carbons (Fsp3) is 0.603. The number of amides is 10. The zero-order chi connectivity index (χ0) is 80.8. The molecule has 0 bridgehead atoms. The van der Waals surface area contributed by atoms with Crippen molar-refractivity contribution in [3.8, 4) is 82.9 Å². The Morgan fingerprint density at radius 1 is 0.648 bits per heavy atom. The van der Waals surface area contributed by atoms with Gasteiger partial charge in [-0.25, -0.2) is 0 Å². The third-order valence-corrected chi connectivity index (χ3v) is 17.9. The van der Waals surface area contributed by atoms with E-state index in [0.29, 0.717) is 25.2 Å². The summed E-state index contributed by atoms with van der Waals surface area (Å²) >= 11 is 0. The Hall–Kier alpha value is -11.0. The van der Waals surface area contributed by atoms with Gasteiger partial charge in [-0.2, -0.15) is 0 Å². The fourth-order valence-corrected chi connectivity index (χ4v) is 12.0. The minimum Gasteiger partial charge on any atom is -0.481 e. The number of piperidine rings is 1. The molecule has 3 aliphatic heterocycles. The van der Waals surface area contributed by atoms with E-state index in [9.17, 15) is 82.1 Å². The molecule has 14 N–H and O–H groups in total.